The molecule has 0 radical (unpaired) electrons. The van der Waals surface area contributed by atoms with Crippen molar-refractivity contribution in [3.63, 3.8) is 0 Å². The van der Waals surface area contributed by atoms with Gasteiger partial charge in [-0.3, -0.25) is 4.79 Å². The molecular weight excluding hydrogens is 384 g/mol. The lowest BCUT2D eigenvalue weighted by Gasteiger charge is -2.09. The van der Waals surface area contributed by atoms with Gasteiger partial charge in [-0.2, -0.15) is 0 Å². The van der Waals surface area contributed by atoms with Crippen LogP contribution in [0.25, 0.3) is 0 Å². The third-order valence-electron chi connectivity index (χ3n) is 2.72. The molecule has 0 saturated carbocycles. The number of pyridine rings is 1. The van der Waals surface area contributed by atoms with Crippen molar-refractivity contribution < 1.29 is 9.18 Å². The Labute approximate surface area is 136 Å². The molecule has 0 bridgehead atoms. The van der Waals surface area contributed by atoms with Crippen molar-refractivity contribution in [2.45, 2.75) is 13.3 Å². The molecule has 6 heteroatoms. The fourth-order valence-corrected chi connectivity index (χ4v) is 2.30. The van der Waals surface area contributed by atoms with Gasteiger partial charge in [0.25, 0.3) is 5.91 Å². The van der Waals surface area contributed by atoms with Gasteiger partial charge in [0.15, 0.2) is 0 Å². The summed E-state index contributed by atoms with van der Waals surface area (Å²) in [5, 5.41) is 5.86. The van der Waals surface area contributed by atoms with Gasteiger partial charge in [0.2, 0.25) is 0 Å². The fourth-order valence-electron chi connectivity index (χ4n) is 1.69. The minimum atomic E-state index is -0.332. The number of aromatic nitrogens is 1. The molecule has 2 N–H and O–H groups in total. The highest BCUT2D eigenvalue weighted by Crippen LogP contribution is 2.19. The molecule has 0 aliphatic carbocycles. The lowest BCUT2D eigenvalue weighted by Crippen LogP contribution is -2.15. The van der Waals surface area contributed by atoms with Crippen LogP contribution in [0, 0.1) is 9.39 Å². The van der Waals surface area contributed by atoms with Crippen molar-refractivity contribution in [2.24, 2.45) is 0 Å². The third-order valence-corrected chi connectivity index (χ3v) is 3.61. The zero-order chi connectivity index (χ0) is 15.2. The smallest absolute Gasteiger partial charge is 0.274 e. The highest BCUT2D eigenvalue weighted by molar-refractivity contribution is 14.1. The highest BCUT2D eigenvalue weighted by atomic mass is 127. The van der Waals surface area contributed by atoms with E-state index in [1.54, 1.807) is 12.1 Å². The highest BCUT2D eigenvalue weighted by Gasteiger charge is 2.10. The first kappa shape index (κ1) is 15.7. The summed E-state index contributed by atoms with van der Waals surface area (Å²) in [4.78, 5) is 16.4. The van der Waals surface area contributed by atoms with Crippen molar-refractivity contribution in [2.75, 3.05) is 17.2 Å². The third kappa shape index (κ3) is 4.38. The molecule has 110 valence electrons. The number of carbonyl (C=O) groups is 1. The summed E-state index contributed by atoms with van der Waals surface area (Å²) in [5.74, 6) is 0.0132. The van der Waals surface area contributed by atoms with Crippen LogP contribution < -0.4 is 10.6 Å². The lowest BCUT2D eigenvalue weighted by molar-refractivity contribution is 0.102. The largest absolute Gasteiger partial charge is 0.370 e. The van der Waals surface area contributed by atoms with Crippen molar-refractivity contribution in [1.29, 1.82) is 0 Å². The summed E-state index contributed by atoms with van der Waals surface area (Å²) < 4.78 is 13.7. The van der Waals surface area contributed by atoms with Gasteiger partial charge in [0.1, 0.15) is 17.3 Å². The Bertz CT molecular complexity index is 649. The molecule has 1 aromatic carbocycles. The minimum Gasteiger partial charge on any atom is -0.370 e. The number of benzene rings is 1. The summed E-state index contributed by atoms with van der Waals surface area (Å²) >= 11 is 1.98. The number of rotatable bonds is 5. The first-order valence-electron chi connectivity index (χ1n) is 6.57. The molecule has 0 atom stereocenters. The van der Waals surface area contributed by atoms with Gasteiger partial charge in [0, 0.05) is 10.1 Å². The minimum absolute atomic E-state index is 0.316. The Morgan fingerprint density at radius 2 is 2.14 bits per heavy atom. The molecule has 21 heavy (non-hydrogen) atoms. The molecule has 1 heterocycles. The standard InChI is InChI=1S/C15H15FIN3O/c1-2-8-18-14-5-3-4-13(19-14)15(21)20-12-7-6-10(16)9-11(12)17/h3-7,9H,2,8H2,1H3,(H,18,19)(H,20,21). The van der Waals surface area contributed by atoms with E-state index < -0.39 is 0 Å². The van der Waals surface area contributed by atoms with Crippen LogP contribution in [0.15, 0.2) is 36.4 Å². The van der Waals surface area contributed by atoms with E-state index in [0.717, 1.165) is 13.0 Å². The fraction of sp³-hybridized carbons (Fsp3) is 0.200. The van der Waals surface area contributed by atoms with Crippen molar-refractivity contribution in [3.8, 4) is 0 Å². The monoisotopic (exact) mass is 399 g/mol. The molecule has 0 saturated heterocycles. The van der Waals surface area contributed by atoms with Gasteiger partial charge < -0.3 is 10.6 Å². The topological polar surface area (TPSA) is 54.0 Å². The zero-order valence-corrected chi connectivity index (χ0v) is 13.6. The van der Waals surface area contributed by atoms with Crippen LogP contribution in [0.5, 0.6) is 0 Å². The predicted molar refractivity (Wildman–Crippen MR) is 90.1 cm³/mol. The molecule has 1 aromatic heterocycles. The van der Waals surface area contributed by atoms with E-state index in [9.17, 15) is 9.18 Å². The van der Waals surface area contributed by atoms with Gasteiger partial charge in [-0.15, -0.1) is 0 Å². The van der Waals surface area contributed by atoms with Crippen molar-refractivity contribution in [1.82, 2.24) is 4.98 Å². The second kappa shape index (κ2) is 7.35. The second-order valence-corrected chi connectivity index (χ2v) is 5.58. The summed E-state index contributed by atoms with van der Waals surface area (Å²) in [6.45, 7) is 2.86. The van der Waals surface area contributed by atoms with E-state index in [1.807, 2.05) is 28.7 Å². The number of carbonyl (C=O) groups excluding carboxylic acids is 1. The number of amides is 1. The molecule has 0 aliphatic rings. The molecule has 0 fully saturated rings. The summed E-state index contributed by atoms with van der Waals surface area (Å²) in [5.41, 5.74) is 0.881. The van der Waals surface area contributed by atoms with Gasteiger partial charge in [-0.25, -0.2) is 9.37 Å². The molecular formula is C15H15FIN3O. The second-order valence-electron chi connectivity index (χ2n) is 4.41. The number of nitrogens with one attached hydrogen (secondary N) is 2. The van der Waals surface area contributed by atoms with Crippen LogP contribution in [0.2, 0.25) is 0 Å². The first-order valence-corrected chi connectivity index (χ1v) is 7.65. The van der Waals surface area contributed by atoms with E-state index in [4.69, 9.17) is 0 Å². The van der Waals surface area contributed by atoms with E-state index in [1.165, 1.54) is 18.2 Å². The Morgan fingerprint density at radius 3 is 2.86 bits per heavy atom. The molecule has 4 nitrogen and oxygen atoms in total. The Balaban J connectivity index is 2.12. The van der Waals surface area contributed by atoms with E-state index in [2.05, 4.69) is 22.5 Å². The Morgan fingerprint density at radius 1 is 1.33 bits per heavy atom. The maximum absolute atomic E-state index is 13.0. The number of nitrogens with zero attached hydrogens (tertiary/aromatic N) is 1. The zero-order valence-electron chi connectivity index (χ0n) is 11.5. The molecule has 0 aliphatic heterocycles. The average molecular weight is 399 g/mol. The summed E-state index contributed by atoms with van der Waals surface area (Å²) in [6, 6.07) is 9.44. The van der Waals surface area contributed by atoms with Crippen LogP contribution in [0.3, 0.4) is 0 Å². The van der Waals surface area contributed by atoms with Gasteiger partial charge in [0.05, 0.1) is 5.69 Å². The Kier molecular flexibility index (Phi) is 5.49. The SMILES string of the molecule is CCCNc1cccc(C(=O)Nc2ccc(F)cc2I)n1. The number of halogens is 2. The first-order chi connectivity index (χ1) is 10.1. The van der Waals surface area contributed by atoms with E-state index in [-0.39, 0.29) is 11.7 Å². The molecule has 2 aromatic rings. The van der Waals surface area contributed by atoms with E-state index >= 15 is 0 Å². The maximum Gasteiger partial charge on any atom is 0.274 e. The van der Waals surface area contributed by atoms with Crippen molar-refractivity contribution >= 4 is 40.0 Å². The van der Waals surface area contributed by atoms with Crippen LogP contribution >= 0.6 is 22.6 Å². The number of hydrogen-bond acceptors (Lipinski definition) is 3. The molecule has 2 rings (SSSR count). The van der Waals surface area contributed by atoms with Gasteiger partial charge in [-0.05, 0) is 59.3 Å². The normalized spacial score (nSPS) is 10.2. The summed E-state index contributed by atoms with van der Waals surface area (Å²) in [6.07, 6.45) is 0.978. The molecule has 1 amide bonds. The van der Waals surface area contributed by atoms with Crippen LogP contribution in [-0.2, 0) is 0 Å². The maximum atomic E-state index is 13.0. The van der Waals surface area contributed by atoms with Crippen molar-refractivity contribution in [3.05, 3.63) is 51.5 Å². The molecule has 0 spiro atoms. The number of hydrogen-bond donors (Lipinski definition) is 2. The van der Waals surface area contributed by atoms with Crippen LogP contribution in [0.1, 0.15) is 23.8 Å². The van der Waals surface area contributed by atoms with Crippen LogP contribution in [0.4, 0.5) is 15.9 Å². The van der Waals surface area contributed by atoms with E-state index in [0.29, 0.717) is 20.8 Å². The average Bonchev–Trinajstić information content (AvgIpc) is 2.48. The van der Waals surface area contributed by atoms with Gasteiger partial charge in [-0.1, -0.05) is 13.0 Å². The van der Waals surface area contributed by atoms with Crippen LogP contribution in [-0.4, -0.2) is 17.4 Å². The lowest BCUT2D eigenvalue weighted by atomic mass is 10.3. The Hall–Kier alpha value is -1.70. The summed E-state index contributed by atoms with van der Waals surface area (Å²) in [7, 11) is 0. The molecule has 0 unspecified atom stereocenters. The number of anilines is 2. The quantitative estimate of drug-likeness (QED) is 0.750. The predicted octanol–water partition coefficient (Wildman–Crippen LogP) is 3.90. The van der Waals surface area contributed by atoms with Gasteiger partial charge >= 0.3 is 0 Å².